The van der Waals surface area contributed by atoms with Crippen LogP contribution in [0.5, 0.6) is 0 Å². The van der Waals surface area contributed by atoms with E-state index in [1.54, 1.807) is 30.2 Å². The number of anilines is 1. The Kier molecular flexibility index (Phi) is 5.01. The molecule has 0 aliphatic rings. The van der Waals surface area contributed by atoms with Gasteiger partial charge in [-0.1, -0.05) is 19.9 Å². The number of urea groups is 1. The number of hydrogen-bond acceptors (Lipinski definition) is 4. The highest BCUT2D eigenvalue weighted by molar-refractivity contribution is 5.89. The summed E-state index contributed by atoms with van der Waals surface area (Å²) in [6, 6.07) is 6.93. The van der Waals surface area contributed by atoms with E-state index < -0.39 is 0 Å². The third-order valence-corrected chi connectivity index (χ3v) is 4.14. The molecule has 0 saturated heterocycles. The molecule has 0 spiro atoms. The molecule has 3 heterocycles. The summed E-state index contributed by atoms with van der Waals surface area (Å²) in [6.45, 7) is 4.09. The zero-order chi connectivity index (χ0) is 18.7. The van der Waals surface area contributed by atoms with E-state index in [1.807, 2.05) is 49.9 Å². The summed E-state index contributed by atoms with van der Waals surface area (Å²) in [5.41, 5.74) is 1.46. The minimum absolute atomic E-state index is 0.192. The van der Waals surface area contributed by atoms with Crippen LogP contribution in [0, 0.1) is 5.92 Å². The maximum absolute atomic E-state index is 12.5. The van der Waals surface area contributed by atoms with Crippen molar-refractivity contribution in [1.82, 2.24) is 29.6 Å². The fraction of sp³-hybridized carbons (Fsp3) is 0.333. The number of hydrogen-bond donors (Lipinski definition) is 2. The molecule has 0 saturated carbocycles. The van der Waals surface area contributed by atoms with Gasteiger partial charge >= 0.3 is 6.03 Å². The van der Waals surface area contributed by atoms with Crippen LogP contribution in [0.15, 0.2) is 42.9 Å². The van der Waals surface area contributed by atoms with E-state index in [0.29, 0.717) is 11.5 Å². The van der Waals surface area contributed by atoms with Crippen LogP contribution in [-0.4, -0.2) is 30.3 Å². The van der Waals surface area contributed by atoms with Crippen molar-refractivity contribution in [3.8, 4) is 11.4 Å². The number of amides is 2. The first-order valence-corrected chi connectivity index (χ1v) is 8.46. The second-order valence-corrected chi connectivity index (χ2v) is 6.47. The number of pyridine rings is 1. The zero-order valence-corrected chi connectivity index (χ0v) is 15.3. The van der Waals surface area contributed by atoms with Crippen LogP contribution in [0.1, 0.15) is 25.7 Å². The Labute approximate surface area is 152 Å². The van der Waals surface area contributed by atoms with Crippen LogP contribution >= 0.6 is 0 Å². The number of aryl methyl sites for hydroxylation is 2. The molecular weight excluding hydrogens is 330 g/mol. The van der Waals surface area contributed by atoms with E-state index >= 15 is 0 Å². The van der Waals surface area contributed by atoms with Gasteiger partial charge in [0, 0.05) is 38.8 Å². The standard InChI is InChI=1S/C18H23N7O/c1-12(2)16(17-20-9-10-24(17)3)22-18(26)21-15-11-14(23-25(15)4)13-7-5-6-8-19-13/h5-12,16H,1-4H3,(H2,21,22,26)/t16-/m1/s1. The van der Waals surface area contributed by atoms with Crippen molar-refractivity contribution in [1.29, 1.82) is 0 Å². The third-order valence-electron chi connectivity index (χ3n) is 4.14. The zero-order valence-electron chi connectivity index (χ0n) is 15.3. The monoisotopic (exact) mass is 353 g/mol. The van der Waals surface area contributed by atoms with Gasteiger partial charge in [0.15, 0.2) is 0 Å². The Bertz CT molecular complexity index is 882. The average molecular weight is 353 g/mol. The number of carbonyl (C=O) groups excluding carboxylic acids is 1. The van der Waals surface area contributed by atoms with Gasteiger partial charge < -0.3 is 9.88 Å². The van der Waals surface area contributed by atoms with Crippen LogP contribution in [-0.2, 0) is 14.1 Å². The molecule has 0 aromatic carbocycles. The van der Waals surface area contributed by atoms with Crippen molar-refractivity contribution < 1.29 is 4.79 Å². The number of rotatable bonds is 5. The molecule has 3 aromatic heterocycles. The second kappa shape index (κ2) is 7.38. The van der Waals surface area contributed by atoms with E-state index in [9.17, 15) is 4.79 Å². The quantitative estimate of drug-likeness (QED) is 0.738. The SMILES string of the molecule is CC(C)[C@@H](NC(=O)Nc1cc(-c2ccccn2)nn1C)c1nccn1C. The van der Waals surface area contributed by atoms with Gasteiger partial charge in [0.2, 0.25) is 0 Å². The Morgan fingerprint density at radius 3 is 2.54 bits per heavy atom. The highest BCUT2D eigenvalue weighted by atomic mass is 16.2. The summed E-state index contributed by atoms with van der Waals surface area (Å²) in [5.74, 6) is 1.59. The molecule has 136 valence electrons. The Hall–Kier alpha value is -3.16. The minimum Gasteiger partial charge on any atom is -0.336 e. The van der Waals surface area contributed by atoms with Gasteiger partial charge in [-0.05, 0) is 18.1 Å². The van der Waals surface area contributed by atoms with E-state index in [1.165, 1.54) is 0 Å². The lowest BCUT2D eigenvalue weighted by Gasteiger charge is -2.22. The number of imidazole rings is 1. The third kappa shape index (κ3) is 3.74. The van der Waals surface area contributed by atoms with Crippen molar-refractivity contribution in [3.05, 3.63) is 48.7 Å². The van der Waals surface area contributed by atoms with Crippen LogP contribution in [0.3, 0.4) is 0 Å². The second-order valence-electron chi connectivity index (χ2n) is 6.47. The van der Waals surface area contributed by atoms with Gasteiger partial charge in [0.05, 0.1) is 11.7 Å². The van der Waals surface area contributed by atoms with Gasteiger partial charge in [-0.15, -0.1) is 0 Å². The maximum Gasteiger partial charge on any atom is 0.320 e. The fourth-order valence-electron chi connectivity index (χ4n) is 2.72. The highest BCUT2D eigenvalue weighted by Crippen LogP contribution is 2.21. The number of nitrogens with one attached hydrogen (secondary N) is 2. The minimum atomic E-state index is -0.303. The van der Waals surface area contributed by atoms with E-state index in [2.05, 4.69) is 25.7 Å². The van der Waals surface area contributed by atoms with Gasteiger partial charge in [-0.2, -0.15) is 5.10 Å². The van der Waals surface area contributed by atoms with Crippen molar-refractivity contribution in [2.24, 2.45) is 20.0 Å². The first kappa shape index (κ1) is 17.7. The number of carbonyl (C=O) groups is 1. The first-order valence-electron chi connectivity index (χ1n) is 8.46. The first-order chi connectivity index (χ1) is 12.5. The summed E-state index contributed by atoms with van der Waals surface area (Å²) < 4.78 is 3.53. The molecular formula is C18H23N7O. The lowest BCUT2D eigenvalue weighted by atomic mass is 10.0. The Balaban J connectivity index is 1.74. The molecule has 2 N–H and O–H groups in total. The molecule has 8 nitrogen and oxygen atoms in total. The fourth-order valence-corrected chi connectivity index (χ4v) is 2.72. The average Bonchev–Trinajstić information content (AvgIpc) is 3.19. The number of nitrogens with zero attached hydrogens (tertiary/aromatic N) is 5. The molecule has 8 heteroatoms. The number of aromatic nitrogens is 5. The van der Waals surface area contributed by atoms with Gasteiger partial charge in [-0.25, -0.2) is 9.78 Å². The normalized spacial score (nSPS) is 12.2. The molecule has 0 radical (unpaired) electrons. The van der Waals surface area contributed by atoms with Gasteiger partial charge in [0.1, 0.15) is 17.3 Å². The van der Waals surface area contributed by atoms with Gasteiger partial charge in [0.25, 0.3) is 0 Å². The summed E-state index contributed by atoms with van der Waals surface area (Å²) >= 11 is 0. The van der Waals surface area contributed by atoms with E-state index in [0.717, 1.165) is 11.5 Å². The van der Waals surface area contributed by atoms with Crippen molar-refractivity contribution >= 4 is 11.8 Å². The summed E-state index contributed by atoms with van der Waals surface area (Å²) in [5, 5.41) is 10.3. The van der Waals surface area contributed by atoms with E-state index in [4.69, 9.17) is 0 Å². The molecule has 2 amide bonds. The van der Waals surface area contributed by atoms with Crippen molar-refractivity contribution in [3.63, 3.8) is 0 Å². The highest BCUT2D eigenvalue weighted by Gasteiger charge is 2.22. The summed E-state index contributed by atoms with van der Waals surface area (Å²) in [6.07, 6.45) is 5.30. The molecule has 3 rings (SSSR count). The van der Waals surface area contributed by atoms with Gasteiger partial charge in [-0.3, -0.25) is 15.0 Å². The van der Waals surface area contributed by atoms with Crippen LogP contribution < -0.4 is 10.6 Å². The maximum atomic E-state index is 12.5. The Morgan fingerprint density at radius 2 is 1.92 bits per heavy atom. The summed E-state index contributed by atoms with van der Waals surface area (Å²) in [4.78, 5) is 21.2. The molecule has 0 unspecified atom stereocenters. The molecule has 0 fully saturated rings. The largest absolute Gasteiger partial charge is 0.336 e. The molecule has 1 atom stereocenters. The molecule has 0 aliphatic carbocycles. The van der Waals surface area contributed by atoms with Crippen molar-refractivity contribution in [2.75, 3.05) is 5.32 Å². The Morgan fingerprint density at radius 1 is 1.12 bits per heavy atom. The topological polar surface area (TPSA) is 89.7 Å². The molecule has 26 heavy (non-hydrogen) atoms. The molecule has 0 bridgehead atoms. The smallest absolute Gasteiger partial charge is 0.320 e. The predicted octanol–water partition coefficient (Wildman–Crippen LogP) is 2.73. The predicted molar refractivity (Wildman–Crippen MR) is 99.4 cm³/mol. The van der Waals surface area contributed by atoms with E-state index in [-0.39, 0.29) is 18.0 Å². The summed E-state index contributed by atoms with van der Waals surface area (Å²) in [7, 11) is 3.69. The van der Waals surface area contributed by atoms with Crippen LogP contribution in [0.2, 0.25) is 0 Å². The van der Waals surface area contributed by atoms with Crippen molar-refractivity contribution in [2.45, 2.75) is 19.9 Å². The lowest BCUT2D eigenvalue weighted by Crippen LogP contribution is -2.36. The molecule has 3 aromatic rings. The lowest BCUT2D eigenvalue weighted by molar-refractivity contribution is 0.243. The van der Waals surface area contributed by atoms with Crippen LogP contribution in [0.4, 0.5) is 10.6 Å². The molecule has 0 aliphatic heterocycles. The van der Waals surface area contributed by atoms with Crippen LogP contribution in [0.25, 0.3) is 11.4 Å².